The third-order valence-electron chi connectivity index (χ3n) is 3.56. The molecule has 0 bridgehead atoms. The fraction of sp³-hybridized carbons (Fsp3) is 0.684. The van der Waals surface area contributed by atoms with E-state index in [1.54, 1.807) is 0 Å². The van der Waals surface area contributed by atoms with E-state index < -0.39 is 0 Å². The van der Waals surface area contributed by atoms with E-state index in [0.717, 1.165) is 25.4 Å². The summed E-state index contributed by atoms with van der Waals surface area (Å²) in [6.45, 7) is 14.9. The van der Waals surface area contributed by atoms with E-state index in [4.69, 9.17) is 9.47 Å². The Bertz CT molecular complexity index is 424. The smallest absolute Gasteiger partial charge is 0.123 e. The third-order valence-corrected chi connectivity index (χ3v) is 3.56. The Hall–Kier alpha value is -1.06. The van der Waals surface area contributed by atoms with Gasteiger partial charge in [-0.2, -0.15) is 0 Å². The number of nitrogens with one attached hydrogen (secondary N) is 1. The van der Waals surface area contributed by atoms with Crippen LogP contribution < -0.4 is 10.1 Å². The van der Waals surface area contributed by atoms with Gasteiger partial charge in [-0.15, -0.1) is 0 Å². The Labute approximate surface area is 136 Å². The van der Waals surface area contributed by atoms with Crippen LogP contribution in [0, 0.1) is 6.92 Å². The molecule has 0 radical (unpaired) electrons. The summed E-state index contributed by atoms with van der Waals surface area (Å²) < 4.78 is 11.5. The number of benzene rings is 1. The van der Waals surface area contributed by atoms with Crippen LogP contribution in [-0.4, -0.2) is 32.9 Å². The van der Waals surface area contributed by atoms with Crippen LogP contribution in [-0.2, 0) is 10.2 Å². The van der Waals surface area contributed by atoms with Crippen LogP contribution in [0.5, 0.6) is 5.75 Å². The van der Waals surface area contributed by atoms with Crippen molar-refractivity contribution in [2.45, 2.75) is 52.9 Å². The average molecular weight is 307 g/mol. The quantitative estimate of drug-likeness (QED) is 0.661. The molecule has 0 aliphatic rings. The maximum Gasteiger partial charge on any atom is 0.123 e. The molecule has 1 aromatic rings. The van der Waals surface area contributed by atoms with Crippen LogP contribution in [0.2, 0.25) is 0 Å². The maximum atomic E-state index is 5.94. The van der Waals surface area contributed by atoms with E-state index in [0.29, 0.717) is 13.2 Å². The van der Waals surface area contributed by atoms with Gasteiger partial charge >= 0.3 is 0 Å². The van der Waals surface area contributed by atoms with Crippen molar-refractivity contribution in [3.8, 4) is 5.75 Å². The van der Waals surface area contributed by atoms with Gasteiger partial charge in [0, 0.05) is 6.54 Å². The topological polar surface area (TPSA) is 30.5 Å². The van der Waals surface area contributed by atoms with Crippen molar-refractivity contribution in [3.05, 3.63) is 29.3 Å². The van der Waals surface area contributed by atoms with Crippen molar-refractivity contribution in [2.24, 2.45) is 0 Å². The minimum absolute atomic E-state index is 0.0904. The second-order valence-electron chi connectivity index (χ2n) is 6.81. The highest BCUT2D eigenvalue weighted by atomic mass is 16.5. The Kier molecular flexibility index (Phi) is 8.51. The minimum Gasteiger partial charge on any atom is -0.491 e. The van der Waals surface area contributed by atoms with Crippen molar-refractivity contribution in [3.63, 3.8) is 0 Å². The van der Waals surface area contributed by atoms with Crippen molar-refractivity contribution in [1.82, 2.24) is 5.32 Å². The molecule has 126 valence electrons. The lowest BCUT2D eigenvalue weighted by atomic mass is 9.86. The molecule has 0 amide bonds. The maximum absolute atomic E-state index is 5.94. The molecule has 1 aromatic carbocycles. The summed E-state index contributed by atoms with van der Waals surface area (Å²) in [5.74, 6) is 0.983. The van der Waals surface area contributed by atoms with Gasteiger partial charge in [-0.25, -0.2) is 0 Å². The lowest BCUT2D eigenvalue weighted by molar-refractivity contribution is 0.101. The predicted octanol–water partition coefficient (Wildman–Crippen LogP) is 4.08. The monoisotopic (exact) mass is 307 g/mol. The van der Waals surface area contributed by atoms with Gasteiger partial charge in [0.1, 0.15) is 12.4 Å². The summed E-state index contributed by atoms with van der Waals surface area (Å²) in [6, 6.07) is 6.43. The van der Waals surface area contributed by atoms with E-state index in [9.17, 15) is 0 Å². The summed E-state index contributed by atoms with van der Waals surface area (Å²) in [5.41, 5.74) is 2.57. The summed E-state index contributed by atoms with van der Waals surface area (Å²) in [4.78, 5) is 0. The Morgan fingerprint density at radius 3 is 2.50 bits per heavy atom. The molecule has 22 heavy (non-hydrogen) atoms. The highest BCUT2D eigenvalue weighted by molar-refractivity contribution is 5.41. The van der Waals surface area contributed by atoms with Crippen LogP contribution in [0.4, 0.5) is 0 Å². The molecule has 0 spiro atoms. The largest absolute Gasteiger partial charge is 0.491 e. The molecule has 0 aliphatic heterocycles. The first-order chi connectivity index (χ1) is 10.4. The number of unbranched alkanes of at least 4 members (excludes halogenated alkanes) is 1. The van der Waals surface area contributed by atoms with Crippen LogP contribution in [0.1, 0.15) is 51.7 Å². The molecule has 1 N–H and O–H groups in total. The molecule has 0 unspecified atom stereocenters. The number of rotatable bonds is 10. The van der Waals surface area contributed by atoms with Crippen molar-refractivity contribution < 1.29 is 9.47 Å². The lowest BCUT2D eigenvalue weighted by Crippen LogP contribution is -2.22. The zero-order valence-electron chi connectivity index (χ0n) is 15.0. The summed E-state index contributed by atoms with van der Waals surface area (Å²) in [7, 11) is 0. The first kappa shape index (κ1) is 19.0. The first-order valence-corrected chi connectivity index (χ1v) is 8.47. The van der Waals surface area contributed by atoms with Gasteiger partial charge in [0.2, 0.25) is 0 Å². The van der Waals surface area contributed by atoms with Gasteiger partial charge < -0.3 is 14.8 Å². The van der Waals surface area contributed by atoms with Crippen molar-refractivity contribution >= 4 is 0 Å². The minimum atomic E-state index is 0.0904. The average Bonchev–Trinajstić information content (AvgIpc) is 2.44. The molecule has 0 saturated heterocycles. The number of hydrogen-bond acceptors (Lipinski definition) is 3. The molecule has 3 heteroatoms. The highest BCUT2D eigenvalue weighted by Gasteiger charge is 2.18. The van der Waals surface area contributed by atoms with Gasteiger partial charge in [-0.05, 0) is 42.5 Å². The summed E-state index contributed by atoms with van der Waals surface area (Å²) in [5, 5.41) is 3.37. The van der Waals surface area contributed by atoms with Crippen molar-refractivity contribution in [2.75, 3.05) is 32.9 Å². The normalized spacial score (nSPS) is 11.7. The second kappa shape index (κ2) is 9.86. The van der Waals surface area contributed by atoms with Crippen LogP contribution >= 0.6 is 0 Å². The number of aryl methyl sites for hydroxylation is 1. The van der Waals surface area contributed by atoms with E-state index in [1.807, 2.05) is 0 Å². The molecular weight excluding hydrogens is 274 g/mol. The number of ether oxygens (including phenoxy) is 2. The SMILES string of the molecule is CCCCNCCOCCOc1cc(C)ccc1C(C)(C)C. The van der Waals surface area contributed by atoms with E-state index >= 15 is 0 Å². The molecule has 0 fully saturated rings. The van der Waals surface area contributed by atoms with Crippen molar-refractivity contribution in [1.29, 1.82) is 0 Å². The predicted molar refractivity (Wildman–Crippen MR) is 94.0 cm³/mol. The second-order valence-corrected chi connectivity index (χ2v) is 6.81. The van der Waals surface area contributed by atoms with Gasteiger partial charge in [-0.1, -0.05) is 46.2 Å². The molecule has 1 rings (SSSR count). The number of hydrogen-bond donors (Lipinski definition) is 1. The molecule has 0 aromatic heterocycles. The van der Waals surface area contributed by atoms with Crippen LogP contribution in [0.3, 0.4) is 0 Å². The van der Waals surface area contributed by atoms with Gasteiger partial charge in [-0.3, -0.25) is 0 Å². The van der Waals surface area contributed by atoms with E-state index in [1.165, 1.54) is 24.0 Å². The summed E-state index contributed by atoms with van der Waals surface area (Å²) in [6.07, 6.45) is 2.46. The third kappa shape index (κ3) is 7.28. The highest BCUT2D eigenvalue weighted by Crippen LogP contribution is 2.31. The first-order valence-electron chi connectivity index (χ1n) is 8.47. The fourth-order valence-electron chi connectivity index (χ4n) is 2.25. The zero-order valence-corrected chi connectivity index (χ0v) is 15.0. The molecule has 0 saturated carbocycles. The van der Waals surface area contributed by atoms with Gasteiger partial charge in [0.15, 0.2) is 0 Å². The summed E-state index contributed by atoms with van der Waals surface area (Å²) >= 11 is 0. The Morgan fingerprint density at radius 2 is 1.82 bits per heavy atom. The molecule has 0 atom stereocenters. The van der Waals surface area contributed by atoms with Crippen LogP contribution in [0.25, 0.3) is 0 Å². The Balaban J connectivity index is 2.29. The van der Waals surface area contributed by atoms with E-state index in [-0.39, 0.29) is 5.41 Å². The van der Waals surface area contributed by atoms with Crippen LogP contribution in [0.15, 0.2) is 18.2 Å². The molecule has 0 aliphatic carbocycles. The standard InChI is InChI=1S/C19H33NO2/c1-6-7-10-20-11-12-21-13-14-22-18-15-16(2)8-9-17(18)19(3,4)5/h8-9,15,20H,6-7,10-14H2,1-5H3. The molecule has 0 heterocycles. The Morgan fingerprint density at radius 1 is 1.05 bits per heavy atom. The van der Waals surface area contributed by atoms with Gasteiger partial charge in [0.05, 0.1) is 13.2 Å². The van der Waals surface area contributed by atoms with Gasteiger partial charge in [0.25, 0.3) is 0 Å². The fourth-order valence-corrected chi connectivity index (χ4v) is 2.25. The van der Waals surface area contributed by atoms with E-state index in [2.05, 4.69) is 58.1 Å². The molecular formula is C19H33NO2. The lowest BCUT2D eigenvalue weighted by Gasteiger charge is -2.23. The molecule has 3 nitrogen and oxygen atoms in total. The zero-order chi connectivity index (χ0) is 16.4.